The number of amides is 2. The lowest BCUT2D eigenvalue weighted by molar-refractivity contribution is -0.119. The number of hydrogen-bond acceptors (Lipinski definition) is 3. The maximum atomic E-state index is 12.3. The molecule has 5 heteroatoms. The van der Waals surface area contributed by atoms with Crippen LogP contribution in [0.4, 0.5) is 11.4 Å². The first-order chi connectivity index (χ1) is 12.2. The molecule has 0 spiro atoms. The van der Waals surface area contributed by atoms with E-state index in [9.17, 15) is 9.59 Å². The van der Waals surface area contributed by atoms with E-state index in [2.05, 4.69) is 11.4 Å². The van der Waals surface area contributed by atoms with Crippen LogP contribution in [-0.2, 0) is 11.2 Å². The molecule has 0 aliphatic carbocycles. The molecule has 0 aromatic heterocycles. The van der Waals surface area contributed by atoms with Gasteiger partial charge < -0.3 is 10.2 Å². The standard InChI is InChI=1S/C20H19N3O2/c21-13-12-15-4-8-17(9-5-15)22-20(25)16-6-10-18(11-7-16)23-14-2-1-3-19(23)24/h4-11H,1-3,12,14H2,(H,22,25). The minimum atomic E-state index is -0.204. The maximum Gasteiger partial charge on any atom is 0.255 e. The zero-order valence-corrected chi connectivity index (χ0v) is 13.9. The molecule has 3 rings (SSSR count). The lowest BCUT2D eigenvalue weighted by atomic mass is 10.1. The molecule has 25 heavy (non-hydrogen) atoms. The Morgan fingerprint density at radius 3 is 2.44 bits per heavy atom. The first-order valence-corrected chi connectivity index (χ1v) is 8.35. The molecule has 5 nitrogen and oxygen atoms in total. The summed E-state index contributed by atoms with van der Waals surface area (Å²) < 4.78 is 0. The first-order valence-electron chi connectivity index (χ1n) is 8.35. The molecule has 1 heterocycles. The summed E-state index contributed by atoms with van der Waals surface area (Å²) in [4.78, 5) is 26.1. The molecule has 0 atom stereocenters. The fraction of sp³-hybridized carbons (Fsp3) is 0.250. The van der Waals surface area contributed by atoms with Crippen molar-refractivity contribution in [1.29, 1.82) is 5.26 Å². The summed E-state index contributed by atoms with van der Waals surface area (Å²) in [7, 11) is 0. The van der Waals surface area contributed by atoms with Crippen LogP contribution < -0.4 is 10.2 Å². The number of hydrogen-bond donors (Lipinski definition) is 1. The predicted octanol–water partition coefficient (Wildman–Crippen LogP) is 3.52. The van der Waals surface area contributed by atoms with Crippen LogP contribution in [0.2, 0.25) is 0 Å². The van der Waals surface area contributed by atoms with E-state index in [0.717, 1.165) is 30.6 Å². The zero-order chi connectivity index (χ0) is 17.6. The topological polar surface area (TPSA) is 73.2 Å². The summed E-state index contributed by atoms with van der Waals surface area (Å²) in [5.74, 6) is -0.0644. The molecule has 1 fully saturated rings. The van der Waals surface area contributed by atoms with E-state index in [1.807, 2.05) is 24.3 Å². The van der Waals surface area contributed by atoms with E-state index in [1.165, 1.54) is 0 Å². The van der Waals surface area contributed by atoms with Gasteiger partial charge in [0.1, 0.15) is 0 Å². The molecule has 2 aromatic carbocycles. The van der Waals surface area contributed by atoms with E-state index in [1.54, 1.807) is 29.2 Å². The van der Waals surface area contributed by atoms with Gasteiger partial charge in [-0.15, -0.1) is 0 Å². The summed E-state index contributed by atoms with van der Waals surface area (Å²) in [6, 6.07) is 16.4. The van der Waals surface area contributed by atoms with Gasteiger partial charge in [-0.1, -0.05) is 12.1 Å². The number of benzene rings is 2. The van der Waals surface area contributed by atoms with Crippen molar-refractivity contribution >= 4 is 23.2 Å². The number of piperidine rings is 1. The molecule has 1 N–H and O–H groups in total. The highest BCUT2D eigenvalue weighted by Crippen LogP contribution is 2.21. The minimum absolute atomic E-state index is 0.140. The van der Waals surface area contributed by atoms with Crippen molar-refractivity contribution in [2.45, 2.75) is 25.7 Å². The van der Waals surface area contributed by atoms with Gasteiger partial charge in [0.15, 0.2) is 0 Å². The van der Waals surface area contributed by atoms with Gasteiger partial charge >= 0.3 is 0 Å². The third kappa shape index (κ3) is 4.04. The van der Waals surface area contributed by atoms with Crippen molar-refractivity contribution < 1.29 is 9.59 Å². The van der Waals surface area contributed by atoms with Gasteiger partial charge in [0.2, 0.25) is 5.91 Å². The molecule has 1 aliphatic heterocycles. The summed E-state index contributed by atoms with van der Waals surface area (Å²) in [5.41, 5.74) is 2.97. The normalized spacial score (nSPS) is 14.0. The van der Waals surface area contributed by atoms with Gasteiger partial charge in [0, 0.05) is 29.9 Å². The van der Waals surface area contributed by atoms with Crippen LogP contribution in [0.3, 0.4) is 0 Å². The Labute approximate surface area is 146 Å². The maximum absolute atomic E-state index is 12.3. The van der Waals surface area contributed by atoms with Gasteiger partial charge in [0.25, 0.3) is 5.91 Å². The molecular formula is C20H19N3O2. The number of carbonyl (C=O) groups excluding carboxylic acids is 2. The largest absolute Gasteiger partial charge is 0.322 e. The average Bonchev–Trinajstić information content (AvgIpc) is 2.64. The Morgan fingerprint density at radius 1 is 1.08 bits per heavy atom. The number of nitriles is 1. The number of carbonyl (C=O) groups is 2. The van der Waals surface area contributed by atoms with Crippen LogP contribution in [0.15, 0.2) is 48.5 Å². The number of nitrogens with zero attached hydrogens (tertiary/aromatic N) is 2. The van der Waals surface area contributed by atoms with Gasteiger partial charge in [-0.2, -0.15) is 5.26 Å². The average molecular weight is 333 g/mol. The highest BCUT2D eigenvalue weighted by atomic mass is 16.2. The number of rotatable bonds is 4. The zero-order valence-electron chi connectivity index (χ0n) is 13.9. The van der Waals surface area contributed by atoms with E-state index in [-0.39, 0.29) is 11.8 Å². The third-order valence-corrected chi connectivity index (χ3v) is 4.26. The van der Waals surface area contributed by atoms with E-state index < -0.39 is 0 Å². The van der Waals surface area contributed by atoms with E-state index >= 15 is 0 Å². The van der Waals surface area contributed by atoms with Crippen molar-refractivity contribution in [2.24, 2.45) is 0 Å². The highest BCUT2D eigenvalue weighted by molar-refractivity contribution is 6.04. The Bertz CT molecular complexity index is 804. The van der Waals surface area contributed by atoms with Gasteiger partial charge in [0.05, 0.1) is 12.5 Å². The molecular weight excluding hydrogens is 314 g/mol. The molecule has 2 amide bonds. The molecule has 1 saturated heterocycles. The second-order valence-electron chi connectivity index (χ2n) is 6.04. The number of nitrogens with one attached hydrogen (secondary N) is 1. The van der Waals surface area contributed by atoms with Crippen LogP contribution in [-0.4, -0.2) is 18.4 Å². The third-order valence-electron chi connectivity index (χ3n) is 4.26. The Hall–Kier alpha value is -3.13. The van der Waals surface area contributed by atoms with Gasteiger partial charge in [-0.3, -0.25) is 9.59 Å². The molecule has 2 aromatic rings. The quantitative estimate of drug-likeness (QED) is 0.930. The lowest BCUT2D eigenvalue weighted by Gasteiger charge is -2.26. The molecule has 1 aliphatic rings. The Morgan fingerprint density at radius 2 is 1.80 bits per heavy atom. The van der Waals surface area contributed by atoms with Crippen molar-refractivity contribution in [3.63, 3.8) is 0 Å². The van der Waals surface area contributed by atoms with E-state index in [4.69, 9.17) is 5.26 Å². The van der Waals surface area contributed by atoms with Crippen LogP contribution in [0, 0.1) is 11.3 Å². The Balaban J connectivity index is 1.66. The molecule has 0 unspecified atom stereocenters. The fourth-order valence-corrected chi connectivity index (χ4v) is 2.87. The van der Waals surface area contributed by atoms with Crippen LogP contribution >= 0.6 is 0 Å². The molecule has 126 valence electrons. The van der Waals surface area contributed by atoms with Crippen LogP contribution in [0.25, 0.3) is 0 Å². The van der Waals surface area contributed by atoms with Crippen LogP contribution in [0.5, 0.6) is 0 Å². The monoisotopic (exact) mass is 333 g/mol. The van der Waals surface area contributed by atoms with Crippen molar-refractivity contribution in [3.05, 3.63) is 59.7 Å². The lowest BCUT2D eigenvalue weighted by Crippen LogP contribution is -2.35. The summed E-state index contributed by atoms with van der Waals surface area (Å²) in [6.07, 6.45) is 2.90. The summed E-state index contributed by atoms with van der Waals surface area (Å²) in [5, 5.41) is 11.5. The fourth-order valence-electron chi connectivity index (χ4n) is 2.87. The Kier molecular flexibility index (Phi) is 5.10. The van der Waals surface area contributed by atoms with Crippen molar-refractivity contribution in [2.75, 3.05) is 16.8 Å². The van der Waals surface area contributed by atoms with Crippen LogP contribution in [0.1, 0.15) is 35.2 Å². The van der Waals surface area contributed by atoms with Gasteiger partial charge in [-0.05, 0) is 54.8 Å². The first kappa shape index (κ1) is 16.7. The second-order valence-corrected chi connectivity index (χ2v) is 6.04. The van der Waals surface area contributed by atoms with Gasteiger partial charge in [-0.25, -0.2) is 0 Å². The molecule has 0 radical (unpaired) electrons. The van der Waals surface area contributed by atoms with Crippen molar-refractivity contribution in [3.8, 4) is 6.07 Å². The highest BCUT2D eigenvalue weighted by Gasteiger charge is 2.19. The number of anilines is 2. The molecule has 0 saturated carbocycles. The smallest absolute Gasteiger partial charge is 0.255 e. The second kappa shape index (κ2) is 7.63. The minimum Gasteiger partial charge on any atom is -0.322 e. The SMILES string of the molecule is N#CCc1ccc(NC(=O)c2ccc(N3CCCCC3=O)cc2)cc1. The molecule has 0 bridgehead atoms. The van der Waals surface area contributed by atoms with Crippen molar-refractivity contribution in [1.82, 2.24) is 0 Å². The summed E-state index contributed by atoms with van der Waals surface area (Å²) >= 11 is 0. The van der Waals surface area contributed by atoms with E-state index in [0.29, 0.717) is 24.1 Å². The predicted molar refractivity (Wildman–Crippen MR) is 96.4 cm³/mol. The summed E-state index contributed by atoms with van der Waals surface area (Å²) in [6.45, 7) is 0.736.